The van der Waals surface area contributed by atoms with E-state index >= 15 is 0 Å². The van der Waals surface area contributed by atoms with Gasteiger partial charge in [-0.3, -0.25) is 0 Å². The van der Waals surface area contributed by atoms with Crippen LogP contribution in [0.25, 0.3) is 0 Å². The molecule has 18 heavy (non-hydrogen) atoms. The standard InChI is InChI=1S/C11H15F3N2O2/c1-7(6-17-3)18-10-5-8(11(12,13)14)4-9(15-2)16-10/h4-5,7H,6H2,1-3H3,(H,15,16). The van der Waals surface area contributed by atoms with E-state index in [0.717, 1.165) is 12.1 Å². The molecule has 0 aliphatic carbocycles. The number of anilines is 1. The maximum absolute atomic E-state index is 12.6. The molecule has 0 fully saturated rings. The van der Waals surface area contributed by atoms with Crippen LogP contribution in [0.4, 0.5) is 19.0 Å². The molecule has 1 unspecified atom stereocenters. The summed E-state index contributed by atoms with van der Waals surface area (Å²) in [6.45, 7) is 1.96. The van der Waals surface area contributed by atoms with Crippen LogP contribution in [-0.4, -0.2) is 31.9 Å². The Balaban J connectivity index is 2.97. The molecule has 1 aromatic rings. The third kappa shape index (κ3) is 4.06. The van der Waals surface area contributed by atoms with Gasteiger partial charge in [0, 0.05) is 20.2 Å². The van der Waals surface area contributed by atoms with Crippen LogP contribution in [0.1, 0.15) is 12.5 Å². The highest BCUT2D eigenvalue weighted by atomic mass is 19.4. The molecule has 0 saturated heterocycles. The number of methoxy groups -OCH3 is 1. The van der Waals surface area contributed by atoms with Crippen molar-refractivity contribution in [1.29, 1.82) is 0 Å². The molecule has 0 saturated carbocycles. The molecule has 1 N–H and O–H groups in total. The van der Waals surface area contributed by atoms with Crippen LogP contribution >= 0.6 is 0 Å². The molecule has 7 heteroatoms. The summed E-state index contributed by atoms with van der Waals surface area (Å²) in [6, 6.07) is 1.79. The number of nitrogens with zero attached hydrogens (tertiary/aromatic N) is 1. The fourth-order valence-corrected chi connectivity index (χ4v) is 1.33. The second-order valence-electron chi connectivity index (χ2n) is 3.71. The predicted molar refractivity (Wildman–Crippen MR) is 60.8 cm³/mol. The van der Waals surface area contributed by atoms with Crippen LogP contribution in [0.5, 0.6) is 5.88 Å². The van der Waals surface area contributed by atoms with Gasteiger partial charge in [0.25, 0.3) is 0 Å². The molecule has 4 nitrogen and oxygen atoms in total. The fourth-order valence-electron chi connectivity index (χ4n) is 1.33. The molecule has 1 atom stereocenters. The molecule has 0 spiro atoms. The van der Waals surface area contributed by atoms with Gasteiger partial charge in [0.15, 0.2) is 0 Å². The van der Waals surface area contributed by atoms with E-state index in [1.807, 2.05) is 0 Å². The van der Waals surface area contributed by atoms with Gasteiger partial charge >= 0.3 is 6.18 Å². The van der Waals surface area contributed by atoms with Crippen molar-refractivity contribution in [2.45, 2.75) is 19.2 Å². The van der Waals surface area contributed by atoms with E-state index in [-0.39, 0.29) is 24.4 Å². The first-order valence-corrected chi connectivity index (χ1v) is 5.29. The molecular weight excluding hydrogens is 249 g/mol. The molecule has 1 aromatic heterocycles. The molecule has 0 amide bonds. The number of aromatic nitrogens is 1. The summed E-state index contributed by atoms with van der Waals surface area (Å²) in [5.41, 5.74) is -0.804. The average molecular weight is 264 g/mol. The number of rotatable bonds is 5. The number of ether oxygens (including phenoxy) is 2. The summed E-state index contributed by atoms with van der Waals surface area (Å²) in [7, 11) is 2.98. The molecular formula is C11H15F3N2O2. The average Bonchev–Trinajstić information content (AvgIpc) is 2.27. The number of pyridine rings is 1. The smallest absolute Gasteiger partial charge is 0.416 e. The third-order valence-corrected chi connectivity index (χ3v) is 2.11. The molecule has 0 aliphatic heterocycles. The zero-order valence-corrected chi connectivity index (χ0v) is 10.3. The third-order valence-electron chi connectivity index (χ3n) is 2.11. The summed E-state index contributed by atoms with van der Waals surface area (Å²) in [5.74, 6) is 0.0168. The van der Waals surface area contributed by atoms with Crippen LogP contribution < -0.4 is 10.1 Å². The minimum atomic E-state index is -4.43. The van der Waals surface area contributed by atoms with Gasteiger partial charge < -0.3 is 14.8 Å². The van der Waals surface area contributed by atoms with E-state index < -0.39 is 11.7 Å². The molecule has 1 heterocycles. The molecule has 0 bridgehead atoms. The van der Waals surface area contributed by atoms with Crippen molar-refractivity contribution in [2.24, 2.45) is 0 Å². The van der Waals surface area contributed by atoms with Crippen LogP contribution in [0.15, 0.2) is 12.1 Å². The maximum Gasteiger partial charge on any atom is 0.416 e. The van der Waals surface area contributed by atoms with Gasteiger partial charge in [-0.25, -0.2) is 0 Å². The Kier molecular flexibility index (Phi) is 4.77. The Bertz CT molecular complexity index is 396. The van der Waals surface area contributed by atoms with E-state index in [1.165, 1.54) is 14.2 Å². The van der Waals surface area contributed by atoms with Crippen molar-refractivity contribution in [3.05, 3.63) is 17.7 Å². The van der Waals surface area contributed by atoms with Crippen molar-refractivity contribution in [3.63, 3.8) is 0 Å². The quantitative estimate of drug-likeness (QED) is 0.887. The molecule has 102 valence electrons. The molecule has 0 aromatic carbocycles. The maximum atomic E-state index is 12.6. The van der Waals surface area contributed by atoms with Gasteiger partial charge in [-0.05, 0) is 13.0 Å². The molecule has 1 rings (SSSR count). The van der Waals surface area contributed by atoms with Crippen LogP contribution in [0, 0.1) is 0 Å². The second-order valence-corrected chi connectivity index (χ2v) is 3.71. The minimum absolute atomic E-state index is 0.0845. The number of halogens is 3. The van der Waals surface area contributed by atoms with Crippen molar-refractivity contribution in [2.75, 3.05) is 26.1 Å². The number of alkyl halides is 3. The Morgan fingerprint density at radius 1 is 1.39 bits per heavy atom. The lowest BCUT2D eigenvalue weighted by Crippen LogP contribution is -2.19. The van der Waals surface area contributed by atoms with E-state index in [0.29, 0.717) is 0 Å². The summed E-state index contributed by atoms with van der Waals surface area (Å²) in [5, 5.41) is 2.56. The summed E-state index contributed by atoms with van der Waals surface area (Å²) < 4.78 is 48.0. The zero-order chi connectivity index (χ0) is 13.8. The summed E-state index contributed by atoms with van der Waals surface area (Å²) >= 11 is 0. The highest BCUT2D eigenvalue weighted by Crippen LogP contribution is 2.32. The normalized spacial score (nSPS) is 13.2. The second kappa shape index (κ2) is 5.90. The van der Waals surface area contributed by atoms with Crippen LogP contribution in [0.3, 0.4) is 0 Å². The number of nitrogens with one attached hydrogen (secondary N) is 1. The highest BCUT2D eigenvalue weighted by molar-refractivity contribution is 5.42. The Hall–Kier alpha value is -1.50. The van der Waals surface area contributed by atoms with Crippen LogP contribution in [0.2, 0.25) is 0 Å². The number of hydrogen-bond donors (Lipinski definition) is 1. The highest BCUT2D eigenvalue weighted by Gasteiger charge is 2.32. The molecule has 0 aliphatic rings. The Morgan fingerprint density at radius 2 is 2.06 bits per heavy atom. The van der Waals surface area contributed by atoms with E-state index in [4.69, 9.17) is 9.47 Å². The number of hydrogen-bond acceptors (Lipinski definition) is 4. The van der Waals surface area contributed by atoms with Crippen molar-refractivity contribution in [3.8, 4) is 5.88 Å². The lowest BCUT2D eigenvalue weighted by atomic mass is 10.2. The lowest BCUT2D eigenvalue weighted by molar-refractivity contribution is -0.137. The Labute approximate surface area is 103 Å². The first-order chi connectivity index (χ1) is 8.36. The van der Waals surface area contributed by atoms with E-state index in [1.54, 1.807) is 6.92 Å². The van der Waals surface area contributed by atoms with E-state index in [9.17, 15) is 13.2 Å². The largest absolute Gasteiger partial charge is 0.472 e. The van der Waals surface area contributed by atoms with Gasteiger partial charge in [0.05, 0.1) is 12.2 Å². The van der Waals surface area contributed by atoms with Crippen molar-refractivity contribution < 1.29 is 22.6 Å². The van der Waals surface area contributed by atoms with Crippen molar-refractivity contribution >= 4 is 5.82 Å². The Morgan fingerprint density at radius 3 is 2.56 bits per heavy atom. The van der Waals surface area contributed by atoms with Gasteiger partial charge in [-0.2, -0.15) is 18.2 Å². The van der Waals surface area contributed by atoms with Crippen molar-refractivity contribution in [1.82, 2.24) is 4.98 Å². The minimum Gasteiger partial charge on any atom is -0.472 e. The van der Waals surface area contributed by atoms with Gasteiger partial charge in [-0.1, -0.05) is 0 Å². The summed E-state index contributed by atoms with van der Waals surface area (Å²) in [6.07, 6.45) is -4.81. The first kappa shape index (κ1) is 14.6. The first-order valence-electron chi connectivity index (χ1n) is 5.29. The zero-order valence-electron chi connectivity index (χ0n) is 10.3. The topological polar surface area (TPSA) is 43.4 Å². The van der Waals surface area contributed by atoms with Gasteiger partial charge in [0.1, 0.15) is 11.9 Å². The summed E-state index contributed by atoms with van der Waals surface area (Å²) in [4.78, 5) is 3.90. The fraction of sp³-hybridized carbons (Fsp3) is 0.545. The van der Waals surface area contributed by atoms with Crippen LogP contribution in [-0.2, 0) is 10.9 Å². The van der Waals surface area contributed by atoms with Gasteiger partial charge in [-0.15, -0.1) is 0 Å². The van der Waals surface area contributed by atoms with Gasteiger partial charge in [0.2, 0.25) is 5.88 Å². The monoisotopic (exact) mass is 264 g/mol. The van der Waals surface area contributed by atoms with E-state index in [2.05, 4.69) is 10.3 Å². The predicted octanol–water partition coefficient (Wildman–Crippen LogP) is 2.56. The lowest BCUT2D eigenvalue weighted by Gasteiger charge is -2.15. The SMILES string of the molecule is CNc1cc(C(F)(F)F)cc(OC(C)COC)n1. The molecule has 0 radical (unpaired) electrons.